The molecule has 2 aromatic rings. The summed E-state index contributed by atoms with van der Waals surface area (Å²) in [4.78, 5) is 11.5. The van der Waals surface area contributed by atoms with Gasteiger partial charge in [0.1, 0.15) is 11.5 Å². The number of allylic oxidation sites excluding steroid dienone is 2. The number of hydrogen-bond donors (Lipinski definition) is 2. The van der Waals surface area contributed by atoms with Crippen molar-refractivity contribution < 1.29 is 4.74 Å². The first-order valence-corrected chi connectivity index (χ1v) is 9.07. The smallest absolute Gasteiger partial charge is 0.146 e. The highest BCUT2D eigenvalue weighted by Crippen LogP contribution is 2.37. The summed E-state index contributed by atoms with van der Waals surface area (Å²) in [6.45, 7) is 4.57. The number of nitrogens with zero attached hydrogens (tertiary/aromatic N) is 1. The fourth-order valence-corrected chi connectivity index (χ4v) is 4.05. The SMILES string of the molecule is COC1=CC(c2ccc[nH]2)=NC1=CC(C)c1[nH]cc2c1C(C)CCC2. The lowest BCUT2D eigenvalue weighted by Crippen LogP contribution is -2.08. The van der Waals surface area contributed by atoms with Gasteiger partial charge in [0.05, 0.1) is 18.5 Å². The third-order valence-corrected chi connectivity index (χ3v) is 5.33. The van der Waals surface area contributed by atoms with Gasteiger partial charge in [-0.25, -0.2) is 4.99 Å². The van der Waals surface area contributed by atoms with Crippen LogP contribution >= 0.6 is 0 Å². The topological polar surface area (TPSA) is 53.2 Å². The molecule has 0 aromatic carbocycles. The molecule has 2 aliphatic rings. The highest BCUT2D eigenvalue weighted by atomic mass is 16.5. The second-order valence-electron chi connectivity index (χ2n) is 7.07. The Hall–Kier alpha value is -2.49. The third-order valence-electron chi connectivity index (χ3n) is 5.33. The highest BCUT2D eigenvalue weighted by Gasteiger charge is 2.25. The Balaban J connectivity index is 1.66. The van der Waals surface area contributed by atoms with Crippen LogP contribution in [0.15, 0.2) is 53.1 Å². The van der Waals surface area contributed by atoms with Gasteiger partial charge in [0.2, 0.25) is 0 Å². The monoisotopic (exact) mass is 335 g/mol. The molecule has 2 aromatic heterocycles. The quantitative estimate of drug-likeness (QED) is 0.828. The van der Waals surface area contributed by atoms with Crippen molar-refractivity contribution >= 4 is 5.71 Å². The number of fused-ring (bicyclic) bond motifs is 1. The molecule has 2 unspecified atom stereocenters. The van der Waals surface area contributed by atoms with E-state index in [0.717, 1.165) is 22.9 Å². The van der Waals surface area contributed by atoms with E-state index in [1.54, 1.807) is 7.11 Å². The zero-order chi connectivity index (χ0) is 17.4. The van der Waals surface area contributed by atoms with Crippen molar-refractivity contribution in [3.05, 3.63) is 70.6 Å². The summed E-state index contributed by atoms with van der Waals surface area (Å²) in [6, 6.07) is 4.01. The molecule has 0 fully saturated rings. The Morgan fingerprint density at radius 2 is 2.24 bits per heavy atom. The lowest BCUT2D eigenvalue weighted by atomic mass is 9.83. The van der Waals surface area contributed by atoms with Gasteiger partial charge in [0, 0.05) is 30.1 Å². The molecular weight excluding hydrogens is 310 g/mol. The third kappa shape index (κ3) is 2.86. The van der Waals surface area contributed by atoms with Crippen molar-refractivity contribution in [2.24, 2.45) is 4.99 Å². The van der Waals surface area contributed by atoms with E-state index in [2.05, 4.69) is 36.1 Å². The van der Waals surface area contributed by atoms with Crippen LogP contribution in [0.1, 0.15) is 61.0 Å². The number of ether oxygens (including phenoxy) is 1. The van der Waals surface area contributed by atoms with Crippen LogP contribution in [0, 0.1) is 0 Å². The van der Waals surface area contributed by atoms with Crippen LogP contribution in [-0.2, 0) is 11.2 Å². The molecule has 2 atom stereocenters. The molecule has 25 heavy (non-hydrogen) atoms. The van der Waals surface area contributed by atoms with Gasteiger partial charge in [-0.1, -0.05) is 13.8 Å². The van der Waals surface area contributed by atoms with Crippen molar-refractivity contribution in [1.29, 1.82) is 0 Å². The van der Waals surface area contributed by atoms with Gasteiger partial charge in [-0.05, 0) is 54.5 Å². The van der Waals surface area contributed by atoms with Crippen LogP contribution in [0.25, 0.3) is 0 Å². The van der Waals surface area contributed by atoms with E-state index in [9.17, 15) is 0 Å². The first kappa shape index (κ1) is 16.0. The van der Waals surface area contributed by atoms with Crippen molar-refractivity contribution in [1.82, 2.24) is 9.97 Å². The van der Waals surface area contributed by atoms with E-state index in [1.807, 2.05) is 24.4 Å². The van der Waals surface area contributed by atoms with Gasteiger partial charge in [0.25, 0.3) is 0 Å². The Kier molecular flexibility index (Phi) is 4.12. The first-order valence-electron chi connectivity index (χ1n) is 9.07. The maximum absolute atomic E-state index is 5.56. The van der Waals surface area contributed by atoms with Crippen LogP contribution in [-0.4, -0.2) is 22.8 Å². The van der Waals surface area contributed by atoms with E-state index in [0.29, 0.717) is 5.92 Å². The van der Waals surface area contributed by atoms with Crippen LogP contribution in [0.5, 0.6) is 0 Å². The minimum atomic E-state index is 0.268. The number of rotatable bonds is 4. The zero-order valence-corrected chi connectivity index (χ0v) is 15.1. The summed E-state index contributed by atoms with van der Waals surface area (Å²) in [5, 5.41) is 0. The number of aromatic nitrogens is 2. The Labute approximate surface area is 148 Å². The fraction of sp³-hybridized carbons (Fsp3) is 0.381. The van der Waals surface area contributed by atoms with Crippen molar-refractivity contribution in [2.75, 3.05) is 7.11 Å². The number of aromatic amines is 2. The molecular formula is C21H25N3O. The lowest BCUT2D eigenvalue weighted by molar-refractivity contribution is 0.302. The van der Waals surface area contributed by atoms with E-state index in [4.69, 9.17) is 9.73 Å². The minimum Gasteiger partial charge on any atom is -0.494 e. The molecule has 0 saturated carbocycles. The maximum Gasteiger partial charge on any atom is 0.146 e. The standard InChI is InChI=1S/C21H25N3O/c1-13-6-4-7-15-12-23-21(20(13)15)14(2)10-18-19(25-3)11-17(24-18)16-8-5-9-22-16/h5,8-14,22-23H,4,6-7H2,1-3H3. The van der Waals surface area contributed by atoms with Gasteiger partial charge in [-0.2, -0.15) is 0 Å². The molecule has 4 heteroatoms. The molecule has 0 bridgehead atoms. The normalized spacial score (nSPS) is 22.5. The second kappa shape index (κ2) is 6.43. The number of aryl methyl sites for hydroxylation is 1. The summed E-state index contributed by atoms with van der Waals surface area (Å²) >= 11 is 0. The summed E-state index contributed by atoms with van der Waals surface area (Å²) < 4.78 is 5.56. The van der Waals surface area contributed by atoms with Crippen LogP contribution < -0.4 is 0 Å². The zero-order valence-electron chi connectivity index (χ0n) is 15.1. The highest BCUT2D eigenvalue weighted by molar-refractivity contribution is 6.10. The van der Waals surface area contributed by atoms with Crippen molar-refractivity contribution in [2.45, 2.75) is 44.9 Å². The van der Waals surface area contributed by atoms with Crippen LogP contribution in [0.2, 0.25) is 0 Å². The average molecular weight is 335 g/mol. The largest absolute Gasteiger partial charge is 0.494 e. The van der Waals surface area contributed by atoms with Gasteiger partial charge in [0.15, 0.2) is 0 Å². The summed E-state index contributed by atoms with van der Waals surface area (Å²) in [6.07, 6.45) is 12.1. The predicted molar refractivity (Wildman–Crippen MR) is 101 cm³/mol. The van der Waals surface area contributed by atoms with E-state index < -0.39 is 0 Å². The Morgan fingerprint density at radius 1 is 1.36 bits per heavy atom. The number of aliphatic imine (C=N–C) groups is 1. The van der Waals surface area contributed by atoms with E-state index in [-0.39, 0.29) is 5.92 Å². The molecule has 130 valence electrons. The molecule has 0 radical (unpaired) electrons. The Bertz CT molecular complexity index is 852. The maximum atomic E-state index is 5.56. The van der Waals surface area contributed by atoms with Crippen LogP contribution in [0.3, 0.4) is 0 Å². The van der Waals surface area contributed by atoms with Gasteiger partial charge >= 0.3 is 0 Å². The van der Waals surface area contributed by atoms with Gasteiger partial charge < -0.3 is 14.7 Å². The molecule has 4 rings (SSSR count). The second-order valence-corrected chi connectivity index (χ2v) is 7.07. The number of nitrogens with one attached hydrogen (secondary N) is 2. The average Bonchev–Trinajstić information content (AvgIpc) is 3.34. The molecule has 0 spiro atoms. The molecule has 2 N–H and O–H groups in total. The summed E-state index contributed by atoms with van der Waals surface area (Å²) in [5.74, 6) is 1.72. The van der Waals surface area contributed by atoms with Crippen LogP contribution in [0.4, 0.5) is 0 Å². The van der Waals surface area contributed by atoms with E-state index in [1.165, 1.54) is 36.1 Å². The number of methoxy groups -OCH3 is 1. The summed E-state index contributed by atoms with van der Waals surface area (Å²) in [5.41, 5.74) is 7.17. The Morgan fingerprint density at radius 3 is 3.00 bits per heavy atom. The van der Waals surface area contributed by atoms with E-state index >= 15 is 0 Å². The molecule has 3 heterocycles. The molecule has 0 amide bonds. The molecule has 1 aliphatic heterocycles. The van der Waals surface area contributed by atoms with Crippen molar-refractivity contribution in [3.63, 3.8) is 0 Å². The van der Waals surface area contributed by atoms with Crippen molar-refractivity contribution in [3.8, 4) is 0 Å². The molecule has 0 saturated heterocycles. The molecule has 1 aliphatic carbocycles. The minimum absolute atomic E-state index is 0.268. The fourth-order valence-electron chi connectivity index (χ4n) is 4.05. The van der Waals surface area contributed by atoms with Gasteiger partial charge in [-0.3, -0.25) is 0 Å². The first-order chi connectivity index (χ1) is 12.2. The number of H-pyrrole nitrogens is 2. The lowest BCUT2D eigenvalue weighted by Gasteiger charge is -2.22. The summed E-state index contributed by atoms with van der Waals surface area (Å²) in [7, 11) is 1.70. The predicted octanol–water partition coefficient (Wildman–Crippen LogP) is 4.80. The van der Waals surface area contributed by atoms with Gasteiger partial charge in [-0.15, -0.1) is 0 Å². The molecule has 4 nitrogen and oxygen atoms in total. The number of hydrogen-bond acceptors (Lipinski definition) is 2.